The summed E-state index contributed by atoms with van der Waals surface area (Å²) in [6.07, 6.45) is 1.28. The number of benzene rings is 1. The van der Waals surface area contributed by atoms with Crippen LogP contribution in [0.2, 0.25) is 5.02 Å². The number of aromatic nitrogens is 4. The largest absolute Gasteiger partial charge is 0.355 e. The molecular weight excluding hydrogens is 322 g/mol. The van der Waals surface area contributed by atoms with Crippen molar-refractivity contribution in [2.24, 2.45) is 11.8 Å². The van der Waals surface area contributed by atoms with E-state index in [9.17, 15) is 0 Å². The van der Waals surface area contributed by atoms with Crippen molar-refractivity contribution < 1.29 is 0 Å². The Morgan fingerprint density at radius 1 is 0.958 bits per heavy atom. The summed E-state index contributed by atoms with van der Waals surface area (Å²) in [4.78, 5) is 2.36. The first-order chi connectivity index (χ1) is 11.6. The van der Waals surface area contributed by atoms with Gasteiger partial charge in [0.2, 0.25) is 0 Å². The normalized spacial score (nSPS) is 21.4. The molecule has 4 rings (SSSR count). The van der Waals surface area contributed by atoms with Crippen molar-refractivity contribution in [3.8, 4) is 11.4 Å². The molecule has 1 aliphatic rings. The lowest BCUT2D eigenvalue weighted by Gasteiger charge is -2.35. The first-order valence-electron chi connectivity index (χ1n) is 8.33. The molecule has 5 nitrogen and oxygen atoms in total. The van der Waals surface area contributed by atoms with E-state index in [1.165, 1.54) is 6.42 Å². The summed E-state index contributed by atoms with van der Waals surface area (Å²) in [5.74, 6) is 3.09. The average molecular weight is 342 g/mol. The molecule has 0 spiro atoms. The molecule has 2 atom stereocenters. The molecule has 2 unspecified atom stereocenters. The van der Waals surface area contributed by atoms with Crippen LogP contribution >= 0.6 is 11.6 Å². The van der Waals surface area contributed by atoms with Crippen molar-refractivity contribution in [2.75, 3.05) is 18.0 Å². The summed E-state index contributed by atoms with van der Waals surface area (Å²) < 4.78 is 1.82. The fraction of sp³-hybridized carbons (Fsp3) is 0.389. The average Bonchev–Trinajstić information content (AvgIpc) is 2.98. The Morgan fingerprint density at radius 3 is 2.38 bits per heavy atom. The van der Waals surface area contributed by atoms with E-state index in [4.69, 9.17) is 16.7 Å². The second kappa shape index (κ2) is 6.06. The van der Waals surface area contributed by atoms with Gasteiger partial charge in [-0.1, -0.05) is 25.4 Å². The van der Waals surface area contributed by atoms with E-state index in [2.05, 4.69) is 28.9 Å². The van der Waals surface area contributed by atoms with Gasteiger partial charge in [0, 0.05) is 23.7 Å². The van der Waals surface area contributed by atoms with Crippen molar-refractivity contribution in [1.29, 1.82) is 0 Å². The molecule has 3 heterocycles. The van der Waals surface area contributed by atoms with E-state index in [0.717, 1.165) is 35.9 Å². The molecule has 3 aromatic rings. The Morgan fingerprint density at radius 2 is 1.67 bits per heavy atom. The highest BCUT2D eigenvalue weighted by molar-refractivity contribution is 6.30. The minimum absolute atomic E-state index is 0.683. The quantitative estimate of drug-likeness (QED) is 0.708. The van der Waals surface area contributed by atoms with Gasteiger partial charge in [-0.15, -0.1) is 15.3 Å². The van der Waals surface area contributed by atoms with E-state index >= 15 is 0 Å². The molecule has 0 saturated carbocycles. The van der Waals surface area contributed by atoms with Gasteiger partial charge in [-0.2, -0.15) is 4.52 Å². The minimum atomic E-state index is 0.683. The lowest BCUT2D eigenvalue weighted by atomic mass is 9.92. The van der Waals surface area contributed by atoms with Crippen LogP contribution in [0.5, 0.6) is 0 Å². The number of hydrogen-bond donors (Lipinski definition) is 0. The Labute approximate surface area is 146 Å². The van der Waals surface area contributed by atoms with Crippen molar-refractivity contribution in [3.05, 3.63) is 41.4 Å². The van der Waals surface area contributed by atoms with Crippen molar-refractivity contribution in [1.82, 2.24) is 19.8 Å². The summed E-state index contributed by atoms with van der Waals surface area (Å²) in [5, 5.41) is 14.0. The van der Waals surface area contributed by atoms with E-state index in [1.807, 2.05) is 40.9 Å². The van der Waals surface area contributed by atoms with Gasteiger partial charge in [0.1, 0.15) is 5.82 Å². The second-order valence-electron chi connectivity index (χ2n) is 6.84. The maximum absolute atomic E-state index is 5.98. The maximum atomic E-state index is 5.98. The highest BCUT2D eigenvalue weighted by Gasteiger charge is 2.23. The van der Waals surface area contributed by atoms with Gasteiger partial charge < -0.3 is 4.90 Å². The standard InChI is InChI=1S/C18H20ClN5/c1-12-9-13(2)11-23(10-12)17-8-7-16-20-21-18(24(16)22-17)14-3-5-15(19)6-4-14/h3-8,12-13H,9-11H2,1-2H3. The Balaban J connectivity index is 1.74. The predicted molar refractivity (Wildman–Crippen MR) is 96.4 cm³/mol. The topological polar surface area (TPSA) is 46.3 Å². The summed E-state index contributed by atoms with van der Waals surface area (Å²) >= 11 is 5.98. The van der Waals surface area contributed by atoms with Gasteiger partial charge >= 0.3 is 0 Å². The smallest absolute Gasteiger partial charge is 0.185 e. The molecule has 6 heteroatoms. The van der Waals surface area contributed by atoms with Crippen molar-refractivity contribution in [3.63, 3.8) is 0 Å². The van der Waals surface area contributed by atoms with Crippen molar-refractivity contribution >= 4 is 23.1 Å². The lowest BCUT2D eigenvalue weighted by molar-refractivity contribution is 0.354. The third-order valence-electron chi connectivity index (χ3n) is 4.54. The first kappa shape index (κ1) is 15.4. The highest BCUT2D eigenvalue weighted by atomic mass is 35.5. The van der Waals surface area contributed by atoms with Crippen LogP contribution in [0.3, 0.4) is 0 Å². The minimum Gasteiger partial charge on any atom is -0.355 e. The molecule has 0 N–H and O–H groups in total. The molecular formula is C18H20ClN5. The summed E-state index contributed by atoms with van der Waals surface area (Å²) in [7, 11) is 0. The fourth-order valence-electron chi connectivity index (χ4n) is 3.58. The Kier molecular flexibility index (Phi) is 3.88. The highest BCUT2D eigenvalue weighted by Crippen LogP contribution is 2.26. The van der Waals surface area contributed by atoms with Crippen LogP contribution in [0.4, 0.5) is 5.82 Å². The van der Waals surface area contributed by atoms with Crippen LogP contribution in [0.15, 0.2) is 36.4 Å². The molecule has 1 aliphatic heterocycles. The number of anilines is 1. The zero-order chi connectivity index (χ0) is 16.7. The number of hydrogen-bond acceptors (Lipinski definition) is 4. The number of halogens is 1. The number of piperidine rings is 1. The van der Waals surface area contributed by atoms with E-state index in [-0.39, 0.29) is 0 Å². The van der Waals surface area contributed by atoms with Gasteiger partial charge in [0.25, 0.3) is 0 Å². The SMILES string of the molecule is CC1CC(C)CN(c2ccc3nnc(-c4ccc(Cl)cc4)n3n2)C1. The van der Waals surface area contributed by atoms with Crippen LogP contribution < -0.4 is 4.90 Å². The summed E-state index contributed by atoms with van der Waals surface area (Å²) in [6, 6.07) is 11.6. The van der Waals surface area contributed by atoms with Crippen LogP contribution in [0, 0.1) is 11.8 Å². The molecule has 1 aromatic carbocycles. The molecule has 124 valence electrons. The van der Waals surface area contributed by atoms with Crippen LogP contribution in [-0.2, 0) is 0 Å². The molecule has 0 radical (unpaired) electrons. The zero-order valence-corrected chi connectivity index (χ0v) is 14.6. The summed E-state index contributed by atoms with van der Waals surface area (Å²) in [5.41, 5.74) is 1.71. The lowest BCUT2D eigenvalue weighted by Crippen LogP contribution is -2.39. The second-order valence-corrected chi connectivity index (χ2v) is 7.28. The van der Waals surface area contributed by atoms with Gasteiger partial charge in [-0.25, -0.2) is 0 Å². The Hall–Kier alpha value is -2.14. The van der Waals surface area contributed by atoms with E-state index < -0.39 is 0 Å². The third-order valence-corrected chi connectivity index (χ3v) is 4.80. The van der Waals surface area contributed by atoms with Gasteiger partial charge in [-0.05, 0) is 54.7 Å². The molecule has 24 heavy (non-hydrogen) atoms. The first-order valence-corrected chi connectivity index (χ1v) is 8.71. The number of fused-ring (bicyclic) bond motifs is 1. The maximum Gasteiger partial charge on any atom is 0.185 e. The number of nitrogens with zero attached hydrogens (tertiary/aromatic N) is 5. The summed E-state index contributed by atoms with van der Waals surface area (Å²) in [6.45, 7) is 6.70. The molecule has 0 bridgehead atoms. The third kappa shape index (κ3) is 2.84. The van der Waals surface area contributed by atoms with Gasteiger partial charge in [0.05, 0.1) is 0 Å². The molecule has 1 saturated heterocycles. The van der Waals surface area contributed by atoms with E-state index in [1.54, 1.807) is 0 Å². The Bertz CT molecular complexity index is 847. The van der Waals surface area contributed by atoms with E-state index in [0.29, 0.717) is 16.9 Å². The predicted octanol–water partition coefficient (Wildman–Crippen LogP) is 3.93. The van der Waals surface area contributed by atoms with Gasteiger partial charge in [-0.3, -0.25) is 0 Å². The monoisotopic (exact) mass is 341 g/mol. The molecule has 2 aromatic heterocycles. The van der Waals surface area contributed by atoms with Crippen LogP contribution in [0.1, 0.15) is 20.3 Å². The number of rotatable bonds is 2. The molecule has 0 amide bonds. The fourth-order valence-corrected chi connectivity index (χ4v) is 3.70. The van der Waals surface area contributed by atoms with Crippen molar-refractivity contribution in [2.45, 2.75) is 20.3 Å². The van der Waals surface area contributed by atoms with Gasteiger partial charge in [0.15, 0.2) is 11.5 Å². The molecule has 0 aliphatic carbocycles. The molecule has 1 fully saturated rings. The van der Waals surface area contributed by atoms with Crippen LogP contribution in [-0.4, -0.2) is 32.9 Å². The van der Waals surface area contributed by atoms with Crippen LogP contribution in [0.25, 0.3) is 17.0 Å². The zero-order valence-electron chi connectivity index (χ0n) is 13.9.